The lowest BCUT2D eigenvalue weighted by Crippen LogP contribution is -2.22. The molecule has 1 aromatic rings. The average Bonchev–Trinajstić information content (AvgIpc) is 2.48. The SMILES string of the molecule is CCOc1cc(C(=O)O)c(N/N=C(\C#N)C(=N)N)cc1OC. The van der Waals surface area contributed by atoms with Crippen LogP contribution in [0, 0.1) is 16.7 Å². The van der Waals surface area contributed by atoms with E-state index in [0.717, 1.165) is 0 Å². The molecule has 22 heavy (non-hydrogen) atoms. The van der Waals surface area contributed by atoms with Crippen molar-refractivity contribution >= 4 is 23.2 Å². The summed E-state index contributed by atoms with van der Waals surface area (Å²) >= 11 is 0. The number of benzene rings is 1. The van der Waals surface area contributed by atoms with E-state index in [1.807, 2.05) is 0 Å². The third-order valence-electron chi connectivity index (χ3n) is 2.48. The number of aromatic carboxylic acids is 1. The molecule has 0 radical (unpaired) electrons. The van der Waals surface area contributed by atoms with Gasteiger partial charge in [-0.15, -0.1) is 0 Å². The van der Waals surface area contributed by atoms with Crippen LogP contribution in [0.15, 0.2) is 17.2 Å². The lowest BCUT2D eigenvalue weighted by Gasteiger charge is -2.13. The van der Waals surface area contributed by atoms with Crippen LogP contribution in [0.25, 0.3) is 0 Å². The first-order valence-corrected chi connectivity index (χ1v) is 6.10. The molecule has 9 heteroatoms. The molecule has 0 unspecified atom stereocenters. The van der Waals surface area contributed by atoms with E-state index in [1.54, 1.807) is 13.0 Å². The van der Waals surface area contributed by atoms with Crippen LogP contribution in [-0.4, -0.2) is 36.3 Å². The number of nitriles is 1. The number of amidine groups is 1. The van der Waals surface area contributed by atoms with Crippen LogP contribution >= 0.6 is 0 Å². The molecule has 0 bridgehead atoms. The third kappa shape index (κ3) is 3.86. The predicted octanol–water partition coefficient (Wildman–Crippen LogP) is 1.02. The van der Waals surface area contributed by atoms with Crippen molar-refractivity contribution in [2.24, 2.45) is 10.8 Å². The molecule has 0 aromatic heterocycles. The highest BCUT2D eigenvalue weighted by atomic mass is 16.5. The minimum absolute atomic E-state index is 0.0711. The Morgan fingerprint density at radius 1 is 1.55 bits per heavy atom. The Hall–Kier alpha value is -3.28. The molecule has 0 saturated heterocycles. The van der Waals surface area contributed by atoms with Crippen LogP contribution in [0.2, 0.25) is 0 Å². The Balaban J connectivity index is 3.31. The molecule has 9 nitrogen and oxygen atoms in total. The lowest BCUT2D eigenvalue weighted by atomic mass is 10.1. The van der Waals surface area contributed by atoms with Crippen LogP contribution in [-0.2, 0) is 0 Å². The zero-order chi connectivity index (χ0) is 16.7. The molecule has 0 aliphatic rings. The van der Waals surface area contributed by atoms with Gasteiger partial charge in [0, 0.05) is 12.1 Å². The molecule has 0 aliphatic carbocycles. The molecule has 0 aliphatic heterocycles. The Kier molecular flexibility index (Phi) is 5.71. The minimum Gasteiger partial charge on any atom is -0.493 e. The second-order valence-electron chi connectivity index (χ2n) is 3.88. The zero-order valence-electron chi connectivity index (χ0n) is 12.0. The number of nitrogens with zero attached hydrogens (tertiary/aromatic N) is 2. The van der Waals surface area contributed by atoms with Crippen molar-refractivity contribution < 1.29 is 19.4 Å². The summed E-state index contributed by atoms with van der Waals surface area (Å²) in [4.78, 5) is 11.3. The van der Waals surface area contributed by atoms with Crippen molar-refractivity contribution in [3.63, 3.8) is 0 Å². The summed E-state index contributed by atoms with van der Waals surface area (Å²) in [5.74, 6) is -1.19. The number of carboxylic acids is 1. The van der Waals surface area contributed by atoms with Gasteiger partial charge in [0.1, 0.15) is 6.07 Å². The van der Waals surface area contributed by atoms with Crippen molar-refractivity contribution in [1.82, 2.24) is 0 Å². The maximum Gasteiger partial charge on any atom is 0.338 e. The van der Waals surface area contributed by atoms with E-state index in [1.165, 1.54) is 19.2 Å². The number of anilines is 1. The summed E-state index contributed by atoms with van der Waals surface area (Å²) in [5, 5.41) is 28.8. The van der Waals surface area contributed by atoms with Crippen molar-refractivity contribution in [2.75, 3.05) is 19.1 Å². The highest BCUT2D eigenvalue weighted by molar-refractivity contribution is 6.45. The summed E-state index contributed by atoms with van der Waals surface area (Å²) in [6.45, 7) is 2.09. The number of carbonyl (C=O) groups is 1. The average molecular weight is 305 g/mol. The summed E-state index contributed by atoms with van der Waals surface area (Å²) in [6, 6.07) is 4.26. The smallest absolute Gasteiger partial charge is 0.338 e. The standard InChI is InChI=1S/C13H15N5O4/c1-3-22-11-4-7(13(19)20)8(5-10(11)21-2)17-18-9(6-14)12(15)16/h4-5,17H,3H2,1-2H3,(H3,15,16)(H,19,20)/b18-9+. The second kappa shape index (κ2) is 7.49. The van der Waals surface area contributed by atoms with Crippen LogP contribution < -0.4 is 20.6 Å². The van der Waals surface area contributed by atoms with Gasteiger partial charge in [-0.1, -0.05) is 0 Å². The molecular weight excluding hydrogens is 290 g/mol. The molecule has 0 atom stereocenters. The number of methoxy groups -OCH3 is 1. The summed E-state index contributed by atoms with van der Waals surface area (Å²) in [7, 11) is 1.40. The molecule has 0 saturated carbocycles. The number of hydrogen-bond donors (Lipinski definition) is 4. The molecule has 116 valence electrons. The maximum absolute atomic E-state index is 11.3. The molecule has 1 aromatic carbocycles. The fraction of sp³-hybridized carbons (Fsp3) is 0.231. The van der Waals surface area contributed by atoms with Gasteiger partial charge in [0.15, 0.2) is 17.3 Å². The highest BCUT2D eigenvalue weighted by Crippen LogP contribution is 2.33. The van der Waals surface area contributed by atoms with Crippen LogP contribution in [0.1, 0.15) is 17.3 Å². The quantitative estimate of drug-likeness (QED) is 0.333. The van der Waals surface area contributed by atoms with Gasteiger partial charge in [0.25, 0.3) is 0 Å². The number of carboxylic acid groups (broad SMARTS) is 1. The number of rotatable bonds is 7. The van der Waals surface area contributed by atoms with E-state index in [2.05, 4.69) is 10.5 Å². The van der Waals surface area contributed by atoms with E-state index in [9.17, 15) is 9.90 Å². The number of hydrogen-bond acceptors (Lipinski definition) is 7. The Bertz CT molecular complexity index is 663. The topological polar surface area (TPSA) is 154 Å². The van der Waals surface area contributed by atoms with Gasteiger partial charge >= 0.3 is 5.97 Å². The van der Waals surface area contributed by atoms with Gasteiger partial charge in [-0.05, 0) is 6.92 Å². The number of nitrogens with one attached hydrogen (secondary N) is 2. The normalized spacial score (nSPS) is 10.5. The van der Waals surface area contributed by atoms with Gasteiger partial charge in [-0.25, -0.2) is 4.79 Å². The van der Waals surface area contributed by atoms with Crippen molar-refractivity contribution in [3.8, 4) is 17.6 Å². The first kappa shape index (κ1) is 16.8. The van der Waals surface area contributed by atoms with Gasteiger partial charge in [-0.2, -0.15) is 10.4 Å². The van der Waals surface area contributed by atoms with Crippen LogP contribution in [0.4, 0.5) is 5.69 Å². The molecule has 0 fully saturated rings. The zero-order valence-corrected chi connectivity index (χ0v) is 12.0. The van der Waals surface area contributed by atoms with Crippen LogP contribution in [0.5, 0.6) is 11.5 Å². The molecule has 0 heterocycles. The van der Waals surface area contributed by atoms with Crippen molar-refractivity contribution in [1.29, 1.82) is 10.7 Å². The Morgan fingerprint density at radius 3 is 2.68 bits per heavy atom. The summed E-state index contributed by atoms with van der Waals surface area (Å²) in [5.41, 5.74) is 7.13. The lowest BCUT2D eigenvalue weighted by molar-refractivity contribution is 0.0697. The molecule has 5 N–H and O–H groups in total. The highest BCUT2D eigenvalue weighted by Gasteiger charge is 2.16. The van der Waals surface area contributed by atoms with E-state index >= 15 is 0 Å². The monoisotopic (exact) mass is 305 g/mol. The Morgan fingerprint density at radius 2 is 2.23 bits per heavy atom. The number of hydrazone groups is 1. The summed E-state index contributed by atoms with van der Waals surface area (Å²) < 4.78 is 10.4. The Labute approximate surface area is 126 Å². The predicted molar refractivity (Wildman–Crippen MR) is 79.7 cm³/mol. The molecule has 0 amide bonds. The molecular formula is C13H15N5O4. The molecule has 0 spiro atoms. The molecule has 1 rings (SSSR count). The third-order valence-corrected chi connectivity index (χ3v) is 2.48. The number of nitrogens with two attached hydrogens (primary N) is 1. The number of ether oxygens (including phenoxy) is 2. The van der Waals surface area contributed by atoms with E-state index in [0.29, 0.717) is 12.4 Å². The first-order chi connectivity index (χ1) is 10.4. The van der Waals surface area contributed by atoms with Gasteiger partial charge in [0.05, 0.1) is 25.0 Å². The van der Waals surface area contributed by atoms with Gasteiger partial charge < -0.3 is 20.3 Å². The maximum atomic E-state index is 11.3. The fourth-order valence-electron chi connectivity index (χ4n) is 1.52. The van der Waals surface area contributed by atoms with E-state index in [4.69, 9.17) is 25.9 Å². The van der Waals surface area contributed by atoms with E-state index < -0.39 is 11.8 Å². The first-order valence-electron chi connectivity index (χ1n) is 6.10. The van der Waals surface area contributed by atoms with Gasteiger partial charge in [0.2, 0.25) is 5.71 Å². The minimum atomic E-state index is -1.22. The second-order valence-corrected chi connectivity index (χ2v) is 3.88. The van der Waals surface area contributed by atoms with Gasteiger partial charge in [-0.3, -0.25) is 10.8 Å². The summed E-state index contributed by atoms with van der Waals surface area (Å²) in [6.07, 6.45) is 0. The van der Waals surface area contributed by atoms with Crippen molar-refractivity contribution in [3.05, 3.63) is 17.7 Å². The van der Waals surface area contributed by atoms with Crippen LogP contribution in [0.3, 0.4) is 0 Å². The van der Waals surface area contributed by atoms with Crippen molar-refractivity contribution in [2.45, 2.75) is 6.92 Å². The van der Waals surface area contributed by atoms with E-state index in [-0.39, 0.29) is 22.7 Å². The largest absolute Gasteiger partial charge is 0.493 e. The fourth-order valence-corrected chi connectivity index (χ4v) is 1.52.